The maximum atomic E-state index is 12.6. The molecule has 0 aliphatic rings. The normalized spacial score (nSPS) is 11.9. The van der Waals surface area contributed by atoms with Crippen LogP contribution < -0.4 is 10.9 Å². The Morgan fingerprint density at radius 1 is 1.15 bits per heavy atom. The first-order chi connectivity index (χ1) is 12.2. The maximum absolute atomic E-state index is 12.6. The molecule has 0 amide bonds. The largest absolute Gasteiger partial charge is 0.405 e. The van der Waals surface area contributed by atoms with Crippen LogP contribution in [0.2, 0.25) is 0 Å². The van der Waals surface area contributed by atoms with Gasteiger partial charge in [0.25, 0.3) is 12.0 Å². The molecule has 0 fully saturated rings. The molecule has 0 aromatic carbocycles. The number of aromatic nitrogens is 4. The van der Waals surface area contributed by atoms with Crippen LogP contribution in [-0.4, -0.2) is 32.9 Å². The Morgan fingerprint density at radius 3 is 2.54 bits per heavy atom. The Bertz CT molecular complexity index is 984. The zero-order valence-corrected chi connectivity index (χ0v) is 12.8. The quantitative estimate of drug-likeness (QED) is 0.688. The van der Waals surface area contributed by atoms with Crippen LogP contribution in [-0.2, 0) is 0 Å². The second-order valence-electron chi connectivity index (χ2n) is 5.23. The highest BCUT2D eigenvalue weighted by atomic mass is 19.4. The summed E-state index contributed by atoms with van der Waals surface area (Å²) in [5, 5.41) is 8.11. The third kappa shape index (κ3) is 3.76. The van der Waals surface area contributed by atoms with Crippen LogP contribution in [0.1, 0.15) is 12.1 Å². The van der Waals surface area contributed by atoms with E-state index >= 15 is 0 Å². The van der Waals surface area contributed by atoms with Crippen molar-refractivity contribution < 1.29 is 22.0 Å². The van der Waals surface area contributed by atoms with E-state index in [0.717, 1.165) is 12.3 Å². The van der Waals surface area contributed by atoms with Gasteiger partial charge in [-0.2, -0.15) is 18.3 Å². The van der Waals surface area contributed by atoms with Gasteiger partial charge in [0.15, 0.2) is 0 Å². The van der Waals surface area contributed by atoms with Crippen LogP contribution in [0.15, 0.2) is 35.3 Å². The van der Waals surface area contributed by atoms with Gasteiger partial charge in [0.05, 0.1) is 5.56 Å². The average molecular weight is 371 g/mol. The van der Waals surface area contributed by atoms with Gasteiger partial charge in [-0.25, -0.2) is 18.9 Å². The summed E-state index contributed by atoms with van der Waals surface area (Å²) in [6, 6.07) is 4.97. The van der Waals surface area contributed by atoms with Crippen molar-refractivity contribution in [2.24, 2.45) is 0 Å². The third-order valence-corrected chi connectivity index (χ3v) is 3.38. The van der Waals surface area contributed by atoms with E-state index in [9.17, 15) is 26.7 Å². The first kappa shape index (κ1) is 17.7. The molecule has 11 heteroatoms. The average Bonchev–Trinajstić information content (AvgIpc) is 2.59. The molecule has 0 radical (unpaired) electrons. The minimum atomic E-state index is -4.44. The predicted molar refractivity (Wildman–Crippen MR) is 82.9 cm³/mol. The van der Waals surface area contributed by atoms with E-state index in [1.807, 2.05) is 0 Å². The van der Waals surface area contributed by atoms with Gasteiger partial charge in [-0.3, -0.25) is 9.78 Å². The van der Waals surface area contributed by atoms with Crippen molar-refractivity contribution in [3.63, 3.8) is 0 Å². The van der Waals surface area contributed by atoms with Gasteiger partial charge < -0.3 is 5.32 Å². The van der Waals surface area contributed by atoms with Crippen molar-refractivity contribution in [2.45, 2.75) is 12.6 Å². The standard InChI is InChI=1S/C15H10F5N5O/c16-13(17)9-2-1-7(5-21-9)11-12-8(24-25-14(11)26)3-4-10(23-12)22-6-15(18,19)20/h1-5,13H,6H2,(H,22,23)(H,25,26). The molecule has 0 unspecified atom stereocenters. The topological polar surface area (TPSA) is 83.6 Å². The lowest BCUT2D eigenvalue weighted by Crippen LogP contribution is -2.22. The van der Waals surface area contributed by atoms with E-state index < -0.39 is 30.4 Å². The fourth-order valence-corrected chi connectivity index (χ4v) is 2.24. The molecule has 0 saturated heterocycles. The molecule has 6 nitrogen and oxygen atoms in total. The van der Waals surface area contributed by atoms with Crippen molar-refractivity contribution >= 4 is 16.9 Å². The van der Waals surface area contributed by atoms with Gasteiger partial charge in [-0.15, -0.1) is 0 Å². The number of fused-ring (bicyclic) bond motifs is 1. The van der Waals surface area contributed by atoms with Gasteiger partial charge in [0.2, 0.25) is 0 Å². The fraction of sp³-hybridized carbons (Fsp3) is 0.200. The highest BCUT2D eigenvalue weighted by Gasteiger charge is 2.27. The molecule has 0 atom stereocenters. The molecule has 3 aromatic rings. The van der Waals surface area contributed by atoms with Gasteiger partial charge in [0, 0.05) is 11.8 Å². The monoisotopic (exact) mass is 371 g/mol. The summed E-state index contributed by atoms with van der Waals surface area (Å²) >= 11 is 0. The van der Waals surface area contributed by atoms with Crippen molar-refractivity contribution in [1.82, 2.24) is 20.2 Å². The summed E-state index contributed by atoms with van der Waals surface area (Å²) in [4.78, 5) is 19.7. The lowest BCUT2D eigenvalue weighted by atomic mass is 10.1. The molecule has 26 heavy (non-hydrogen) atoms. The van der Waals surface area contributed by atoms with Crippen LogP contribution in [0, 0.1) is 0 Å². The van der Waals surface area contributed by atoms with Crippen LogP contribution in [0.5, 0.6) is 0 Å². The lowest BCUT2D eigenvalue weighted by molar-refractivity contribution is -0.115. The van der Waals surface area contributed by atoms with Crippen molar-refractivity contribution in [2.75, 3.05) is 11.9 Å². The zero-order valence-electron chi connectivity index (χ0n) is 12.8. The SMILES string of the molecule is O=c1[nH]nc2ccc(NCC(F)(F)F)nc2c1-c1ccc(C(F)F)nc1. The number of hydrogen-bond donors (Lipinski definition) is 2. The number of alkyl halides is 5. The molecule has 0 aliphatic carbocycles. The number of hydrogen-bond acceptors (Lipinski definition) is 5. The van der Waals surface area contributed by atoms with Gasteiger partial charge in [-0.05, 0) is 18.2 Å². The number of pyridine rings is 2. The molecule has 3 rings (SSSR count). The minimum Gasteiger partial charge on any atom is -0.361 e. The van der Waals surface area contributed by atoms with E-state index in [2.05, 4.69) is 25.5 Å². The molecule has 3 heterocycles. The number of nitrogens with zero attached hydrogens (tertiary/aromatic N) is 3. The lowest BCUT2D eigenvalue weighted by Gasteiger charge is -2.10. The Kier molecular flexibility index (Phi) is 4.53. The van der Waals surface area contributed by atoms with E-state index in [-0.39, 0.29) is 28.0 Å². The molecule has 0 spiro atoms. The minimum absolute atomic E-state index is 0.0209. The van der Waals surface area contributed by atoms with E-state index in [4.69, 9.17) is 0 Å². The van der Waals surface area contributed by atoms with Crippen molar-refractivity contribution in [3.05, 3.63) is 46.5 Å². The number of H-pyrrole nitrogens is 1. The first-order valence-corrected chi connectivity index (χ1v) is 7.19. The first-order valence-electron chi connectivity index (χ1n) is 7.19. The molecule has 3 aromatic heterocycles. The van der Waals surface area contributed by atoms with Crippen LogP contribution >= 0.6 is 0 Å². The number of rotatable bonds is 4. The summed E-state index contributed by atoms with van der Waals surface area (Å²) in [7, 11) is 0. The maximum Gasteiger partial charge on any atom is 0.405 e. The number of nitrogens with one attached hydrogen (secondary N) is 2. The highest BCUT2D eigenvalue weighted by molar-refractivity contribution is 5.91. The molecule has 0 bridgehead atoms. The number of halogens is 5. The molecule has 2 N–H and O–H groups in total. The summed E-state index contributed by atoms with van der Waals surface area (Å²) < 4.78 is 62.2. The summed E-state index contributed by atoms with van der Waals surface area (Å²) in [6.07, 6.45) is -6.14. The summed E-state index contributed by atoms with van der Waals surface area (Å²) in [5.41, 5.74) is -0.751. The van der Waals surface area contributed by atoms with E-state index in [1.165, 1.54) is 18.2 Å². The molecular weight excluding hydrogens is 361 g/mol. The second-order valence-corrected chi connectivity index (χ2v) is 5.23. The van der Waals surface area contributed by atoms with Crippen LogP contribution in [0.25, 0.3) is 22.2 Å². The summed E-state index contributed by atoms with van der Waals surface area (Å²) in [5.74, 6) is -0.111. The predicted octanol–water partition coefficient (Wildman–Crippen LogP) is 3.29. The Labute approximate surface area is 142 Å². The highest BCUT2D eigenvalue weighted by Crippen LogP contribution is 2.25. The molecule has 0 saturated carbocycles. The third-order valence-electron chi connectivity index (χ3n) is 3.38. The van der Waals surface area contributed by atoms with Gasteiger partial charge in [0.1, 0.15) is 29.1 Å². The Hall–Kier alpha value is -3.11. The number of aromatic amines is 1. The molecule has 136 valence electrons. The van der Waals surface area contributed by atoms with E-state index in [0.29, 0.717) is 0 Å². The van der Waals surface area contributed by atoms with Crippen LogP contribution in [0.4, 0.5) is 27.8 Å². The Balaban J connectivity index is 2.08. The van der Waals surface area contributed by atoms with Gasteiger partial charge in [-0.1, -0.05) is 6.07 Å². The second kappa shape index (κ2) is 6.65. The summed E-state index contributed by atoms with van der Waals surface area (Å²) in [6.45, 7) is -1.30. The van der Waals surface area contributed by atoms with Gasteiger partial charge >= 0.3 is 6.18 Å². The zero-order chi connectivity index (χ0) is 18.9. The van der Waals surface area contributed by atoms with E-state index in [1.54, 1.807) is 0 Å². The van der Waals surface area contributed by atoms with Crippen molar-refractivity contribution in [1.29, 1.82) is 0 Å². The smallest absolute Gasteiger partial charge is 0.361 e. The number of anilines is 1. The Morgan fingerprint density at radius 2 is 1.92 bits per heavy atom. The molecular formula is C15H10F5N5O. The molecule has 0 aliphatic heterocycles. The van der Waals surface area contributed by atoms with Crippen LogP contribution in [0.3, 0.4) is 0 Å². The van der Waals surface area contributed by atoms with Crippen molar-refractivity contribution in [3.8, 4) is 11.1 Å². The fourth-order valence-electron chi connectivity index (χ4n) is 2.24.